The van der Waals surface area contributed by atoms with Gasteiger partial charge in [-0.15, -0.1) is 11.3 Å². The minimum atomic E-state index is 0.840. The van der Waals surface area contributed by atoms with Gasteiger partial charge in [0, 0.05) is 11.5 Å². The molecule has 1 nitrogen and oxygen atoms in total. The number of aryl methyl sites for hydroxylation is 1. The van der Waals surface area contributed by atoms with Crippen LogP contribution in [0.2, 0.25) is 0 Å². The fourth-order valence-corrected chi connectivity index (χ4v) is 2.12. The Bertz CT molecular complexity index is 197. The van der Waals surface area contributed by atoms with E-state index in [9.17, 15) is 0 Å². The molecule has 12 heavy (non-hydrogen) atoms. The predicted molar refractivity (Wildman–Crippen MR) is 53.6 cm³/mol. The van der Waals surface area contributed by atoms with Crippen LogP contribution in [0.25, 0.3) is 0 Å². The van der Waals surface area contributed by atoms with Gasteiger partial charge in [-0.05, 0) is 29.9 Å². The maximum absolute atomic E-state index is 5.39. The van der Waals surface area contributed by atoms with Crippen LogP contribution < -0.4 is 0 Å². The van der Waals surface area contributed by atoms with Gasteiger partial charge in [-0.2, -0.15) is 0 Å². The topological polar surface area (TPSA) is 9.23 Å². The maximum Gasteiger partial charge on any atom is 0.0812 e. The van der Waals surface area contributed by atoms with Crippen LogP contribution in [-0.2, 0) is 17.8 Å². The molecule has 2 heteroatoms. The fraction of sp³-hybridized carbons (Fsp3) is 0.600. The van der Waals surface area contributed by atoms with Crippen molar-refractivity contribution < 1.29 is 4.74 Å². The monoisotopic (exact) mass is 184 g/mol. The van der Waals surface area contributed by atoms with Gasteiger partial charge in [0.1, 0.15) is 0 Å². The average molecular weight is 184 g/mol. The van der Waals surface area contributed by atoms with Crippen molar-refractivity contribution in [2.45, 2.75) is 33.3 Å². The number of thiophene rings is 1. The van der Waals surface area contributed by atoms with Gasteiger partial charge < -0.3 is 4.74 Å². The van der Waals surface area contributed by atoms with Crippen LogP contribution >= 0.6 is 11.3 Å². The van der Waals surface area contributed by atoms with Crippen LogP contribution in [0.1, 0.15) is 30.7 Å². The Balaban J connectivity index is 0.000000336. The number of rotatable bonds is 0. The first-order valence-corrected chi connectivity index (χ1v) is 5.48. The van der Waals surface area contributed by atoms with Crippen molar-refractivity contribution in [1.29, 1.82) is 0 Å². The van der Waals surface area contributed by atoms with E-state index in [4.69, 9.17) is 4.74 Å². The molecule has 1 aromatic heterocycles. The lowest BCUT2D eigenvalue weighted by atomic mass is 10.2. The summed E-state index contributed by atoms with van der Waals surface area (Å²) in [5, 5.41) is 2.15. The first-order chi connectivity index (χ1) is 5.97. The molecule has 0 atom stereocenters. The van der Waals surface area contributed by atoms with Crippen LogP contribution in [0.3, 0.4) is 0 Å². The molecule has 1 aliphatic rings. The molecule has 0 fully saturated rings. The fourth-order valence-electron chi connectivity index (χ4n) is 1.25. The smallest absolute Gasteiger partial charge is 0.0812 e. The average Bonchev–Trinajstić information content (AvgIpc) is 2.46. The number of ether oxygens (including phenoxy) is 1. The van der Waals surface area contributed by atoms with Gasteiger partial charge in [0.15, 0.2) is 0 Å². The van der Waals surface area contributed by atoms with Gasteiger partial charge in [-0.3, -0.25) is 0 Å². The summed E-state index contributed by atoms with van der Waals surface area (Å²) < 4.78 is 5.39. The van der Waals surface area contributed by atoms with E-state index in [0.29, 0.717) is 0 Å². The molecule has 0 saturated carbocycles. The third-order valence-corrected chi connectivity index (χ3v) is 2.74. The lowest BCUT2D eigenvalue weighted by molar-refractivity contribution is 0.127. The van der Waals surface area contributed by atoms with Gasteiger partial charge in [0.05, 0.1) is 6.61 Å². The van der Waals surface area contributed by atoms with Crippen molar-refractivity contribution in [3.63, 3.8) is 0 Å². The molecule has 1 aromatic rings. The van der Waals surface area contributed by atoms with E-state index in [0.717, 1.165) is 13.2 Å². The standard InChI is InChI=1S/C8H10OS.C2H6/c1-2-7-3-5-10-8(7)6-9-4-1;1-2/h3,5H,1-2,4,6H2;1-2H3. The molecular formula is C10H16OS. The van der Waals surface area contributed by atoms with E-state index in [2.05, 4.69) is 11.4 Å². The number of fused-ring (bicyclic) bond motifs is 1. The Morgan fingerprint density at radius 1 is 1.42 bits per heavy atom. The molecule has 0 amide bonds. The molecule has 0 aliphatic carbocycles. The molecule has 0 radical (unpaired) electrons. The minimum Gasteiger partial charge on any atom is -0.376 e. The minimum absolute atomic E-state index is 0.840. The summed E-state index contributed by atoms with van der Waals surface area (Å²) in [4.78, 5) is 1.43. The molecule has 0 unspecified atom stereocenters. The van der Waals surface area contributed by atoms with Crippen LogP contribution in [0.4, 0.5) is 0 Å². The molecular weight excluding hydrogens is 168 g/mol. The Kier molecular flexibility index (Phi) is 4.33. The van der Waals surface area contributed by atoms with E-state index in [1.165, 1.54) is 23.3 Å². The SMILES string of the molecule is CC.c1cc2c(s1)COCCC2. The summed E-state index contributed by atoms with van der Waals surface area (Å²) in [5.74, 6) is 0. The lowest BCUT2D eigenvalue weighted by Crippen LogP contribution is -1.88. The Morgan fingerprint density at radius 3 is 3.08 bits per heavy atom. The predicted octanol–water partition coefficient (Wildman–Crippen LogP) is 3.24. The first kappa shape index (κ1) is 9.75. The van der Waals surface area contributed by atoms with Gasteiger partial charge in [-0.1, -0.05) is 13.8 Å². The lowest BCUT2D eigenvalue weighted by Gasteiger charge is -1.94. The largest absolute Gasteiger partial charge is 0.376 e. The van der Waals surface area contributed by atoms with Crippen molar-refractivity contribution >= 4 is 11.3 Å². The normalized spacial score (nSPS) is 15.5. The van der Waals surface area contributed by atoms with Gasteiger partial charge in [0.25, 0.3) is 0 Å². The molecule has 0 aromatic carbocycles. The summed E-state index contributed by atoms with van der Waals surface area (Å²) in [6.07, 6.45) is 2.39. The van der Waals surface area contributed by atoms with Gasteiger partial charge >= 0.3 is 0 Å². The second-order valence-electron chi connectivity index (χ2n) is 2.53. The Hall–Kier alpha value is -0.340. The van der Waals surface area contributed by atoms with Crippen molar-refractivity contribution in [3.8, 4) is 0 Å². The van der Waals surface area contributed by atoms with Crippen molar-refractivity contribution in [2.75, 3.05) is 6.61 Å². The summed E-state index contributed by atoms with van der Waals surface area (Å²) in [5.41, 5.74) is 1.50. The molecule has 0 bridgehead atoms. The second-order valence-corrected chi connectivity index (χ2v) is 3.53. The highest BCUT2D eigenvalue weighted by atomic mass is 32.1. The molecule has 2 rings (SSSR count). The quantitative estimate of drug-likeness (QED) is 0.601. The summed E-state index contributed by atoms with van der Waals surface area (Å²) >= 11 is 1.81. The van der Waals surface area contributed by atoms with Crippen LogP contribution in [0.15, 0.2) is 11.4 Å². The van der Waals surface area contributed by atoms with Gasteiger partial charge in [-0.25, -0.2) is 0 Å². The third-order valence-electron chi connectivity index (χ3n) is 1.81. The van der Waals surface area contributed by atoms with E-state index in [1.807, 2.05) is 25.2 Å². The second kappa shape index (κ2) is 5.33. The van der Waals surface area contributed by atoms with Crippen molar-refractivity contribution in [2.24, 2.45) is 0 Å². The van der Waals surface area contributed by atoms with Crippen LogP contribution in [0, 0.1) is 0 Å². The molecule has 0 saturated heterocycles. The zero-order chi connectivity index (χ0) is 8.81. The maximum atomic E-state index is 5.39. The molecule has 0 spiro atoms. The van der Waals surface area contributed by atoms with Gasteiger partial charge in [0.2, 0.25) is 0 Å². The highest BCUT2D eigenvalue weighted by molar-refractivity contribution is 7.10. The van der Waals surface area contributed by atoms with Crippen molar-refractivity contribution in [1.82, 2.24) is 0 Å². The van der Waals surface area contributed by atoms with E-state index in [-0.39, 0.29) is 0 Å². The molecule has 0 N–H and O–H groups in total. The van der Waals surface area contributed by atoms with E-state index >= 15 is 0 Å². The zero-order valence-corrected chi connectivity index (χ0v) is 8.62. The Labute approximate surface area is 78.4 Å². The zero-order valence-electron chi connectivity index (χ0n) is 7.80. The van der Waals surface area contributed by atoms with Crippen LogP contribution in [-0.4, -0.2) is 6.61 Å². The summed E-state index contributed by atoms with van der Waals surface area (Å²) in [7, 11) is 0. The van der Waals surface area contributed by atoms with Crippen molar-refractivity contribution in [3.05, 3.63) is 21.9 Å². The summed E-state index contributed by atoms with van der Waals surface area (Å²) in [6.45, 7) is 5.77. The Morgan fingerprint density at radius 2 is 2.25 bits per heavy atom. The van der Waals surface area contributed by atoms with Crippen LogP contribution in [0.5, 0.6) is 0 Å². The third kappa shape index (κ3) is 2.32. The van der Waals surface area contributed by atoms with E-state index < -0.39 is 0 Å². The number of hydrogen-bond donors (Lipinski definition) is 0. The highest BCUT2D eigenvalue weighted by Gasteiger charge is 2.07. The number of hydrogen-bond acceptors (Lipinski definition) is 2. The first-order valence-electron chi connectivity index (χ1n) is 4.60. The molecule has 68 valence electrons. The highest BCUT2D eigenvalue weighted by Crippen LogP contribution is 2.21. The van der Waals surface area contributed by atoms with E-state index in [1.54, 1.807) is 0 Å². The molecule has 2 heterocycles. The summed E-state index contributed by atoms with van der Waals surface area (Å²) in [6, 6.07) is 2.22. The molecule has 1 aliphatic heterocycles.